The lowest BCUT2D eigenvalue weighted by Crippen LogP contribution is -2.44. The number of halogens is 1. The normalized spacial score (nSPS) is 22.8. The van der Waals surface area contributed by atoms with E-state index in [1.165, 1.54) is 22.5 Å². The number of H-pyrrole nitrogens is 1. The van der Waals surface area contributed by atoms with Crippen LogP contribution in [-0.2, 0) is 27.1 Å². The molecule has 2 aromatic heterocycles. The van der Waals surface area contributed by atoms with E-state index in [1.54, 1.807) is 0 Å². The van der Waals surface area contributed by atoms with Crippen molar-refractivity contribution in [3.05, 3.63) is 57.6 Å². The Morgan fingerprint density at radius 3 is 3.03 bits per heavy atom. The van der Waals surface area contributed by atoms with Gasteiger partial charge in [-0.15, -0.1) is 11.3 Å². The van der Waals surface area contributed by atoms with E-state index in [1.807, 2.05) is 12.1 Å². The summed E-state index contributed by atoms with van der Waals surface area (Å²) in [6, 6.07) is 12.4. The Morgan fingerprint density at radius 2 is 2.19 bits per heavy atom. The maximum absolute atomic E-state index is 12.8. The van der Waals surface area contributed by atoms with Gasteiger partial charge in [-0.25, -0.2) is 0 Å². The average molecular weight is 474 g/mol. The van der Waals surface area contributed by atoms with Crippen LogP contribution < -0.4 is 10.6 Å². The molecule has 1 unspecified atom stereocenters. The van der Waals surface area contributed by atoms with Gasteiger partial charge < -0.3 is 25.1 Å². The highest BCUT2D eigenvalue weighted by atomic mass is 35.5. The average Bonchev–Trinajstić information content (AvgIpc) is 3.42. The zero-order valence-corrected chi connectivity index (χ0v) is 19.4. The summed E-state index contributed by atoms with van der Waals surface area (Å²) < 4.78 is 12.3. The minimum absolute atomic E-state index is 0.0105. The van der Waals surface area contributed by atoms with Crippen LogP contribution in [0.4, 0.5) is 0 Å². The summed E-state index contributed by atoms with van der Waals surface area (Å²) in [5.74, 6) is 0.0152. The third-order valence-electron chi connectivity index (χ3n) is 6.17. The van der Waals surface area contributed by atoms with E-state index in [0.29, 0.717) is 19.6 Å². The summed E-state index contributed by atoms with van der Waals surface area (Å²) in [7, 11) is 0. The molecule has 32 heavy (non-hydrogen) atoms. The van der Waals surface area contributed by atoms with Gasteiger partial charge in [-0.2, -0.15) is 0 Å². The number of fused-ring (bicyclic) bond motifs is 2. The molecule has 1 aliphatic carbocycles. The van der Waals surface area contributed by atoms with E-state index >= 15 is 0 Å². The van der Waals surface area contributed by atoms with Crippen molar-refractivity contribution >= 4 is 39.1 Å². The SMILES string of the molecule is O=C(Cc1cc2cc(Cl)sc2[nH]1)N[C@@H]1Cc2ccccc2[C@H]1NCCOC1CCCCO1. The highest BCUT2D eigenvalue weighted by Crippen LogP contribution is 2.32. The van der Waals surface area contributed by atoms with E-state index in [4.69, 9.17) is 21.1 Å². The lowest BCUT2D eigenvalue weighted by molar-refractivity contribution is -0.161. The Morgan fingerprint density at radius 1 is 1.28 bits per heavy atom. The smallest absolute Gasteiger partial charge is 0.226 e. The molecule has 3 N–H and O–H groups in total. The first kappa shape index (κ1) is 21.9. The van der Waals surface area contributed by atoms with Gasteiger partial charge in [-0.1, -0.05) is 35.9 Å². The minimum Gasteiger partial charge on any atom is -0.353 e. The second-order valence-electron chi connectivity index (χ2n) is 8.48. The summed E-state index contributed by atoms with van der Waals surface area (Å²) in [6.45, 7) is 2.08. The van der Waals surface area contributed by atoms with Crippen molar-refractivity contribution in [3.8, 4) is 0 Å². The Hall–Kier alpha value is -1.90. The fraction of sp³-hybridized carbons (Fsp3) is 0.458. The number of aromatic amines is 1. The summed E-state index contributed by atoms with van der Waals surface area (Å²) in [4.78, 5) is 17.2. The minimum atomic E-state index is -0.0813. The maximum atomic E-state index is 12.8. The van der Waals surface area contributed by atoms with Crippen LogP contribution >= 0.6 is 22.9 Å². The number of rotatable bonds is 8. The number of hydrogen-bond acceptors (Lipinski definition) is 5. The second kappa shape index (κ2) is 9.93. The van der Waals surface area contributed by atoms with Gasteiger partial charge in [-0.05, 0) is 48.9 Å². The monoisotopic (exact) mass is 473 g/mol. The van der Waals surface area contributed by atoms with E-state index in [2.05, 4.69) is 39.9 Å². The number of hydrogen-bond donors (Lipinski definition) is 3. The van der Waals surface area contributed by atoms with Crippen LogP contribution in [0.15, 0.2) is 36.4 Å². The molecule has 0 spiro atoms. The van der Waals surface area contributed by atoms with Crippen molar-refractivity contribution in [2.75, 3.05) is 19.8 Å². The Bertz CT molecular complexity index is 1040. The van der Waals surface area contributed by atoms with E-state index in [-0.39, 0.29) is 24.3 Å². The van der Waals surface area contributed by atoms with Crippen LogP contribution in [0.2, 0.25) is 4.34 Å². The highest BCUT2D eigenvalue weighted by Gasteiger charge is 2.33. The molecule has 3 aromatic rings. The number of carbonyl (C=O) groups excluding carboxylic acids is 1. The van der Waals surface area contributed by atoms with E-state index in [0.717, 1.165) is 52.5 Å². The van der Waals surface area contributed by atoms with Gasteiger partial charge in [-0.3, -0.25) is 4.79 Å². The van der Waals surface area contributed by atoms with Crippen molar-refractivity contribution in [2.45, 2.75) is 50.5 Å². The third kappa shape index (κ3) is 5.02. The summed E-state index contributed by atoms with van der Waals surface area (Å²) in [5, 5.41) is 7.91. The second-order valence-corrected chi connectivity index (χ2v) is 10.2. The first-order chi connectivity index (χ1) is 15.7. The Labute approximate surface area is 196 Å². The van der Waals surface area contributed by atoms with E-state index in [9.17, 15) is 4.79 Å². The molecule has 0 saturated carbocycles. The zero-order chi connectivity index (χ0) is 21.9. The Kier molecular flexibility index (Phi) is 6.80. The van der Waals surface area contributed by atoms with Gasteiger partial charge >= 0.3 is 0 Å². The lowest BCUT2D eigenvalue weighted by atomic mass is 10.1. The highest BCUT2D eigenvalue weighted by molar-refractivity contribution is 7.22. The van der Waals surface area contributed by atoms with E-state index < -0.39 is 0 Å². The first-order valence-corrected chi connectivity index (χ1v) is 12.5. The van der Waals surface area contributed by atoms with Crippen molar-refractivity contribution in [2.24, 2.45) is 0 Å². The number of benzene rings is 1. The first-order valence-electron chi connectivity index (χ1n) is 11.3. The molecule has 3 heterocycles. The molecule has 0 bridgehead atoms. The largest absolute Gasteiger partial charge is 0.353 e. The fourth-order valence-electron chi connectivity index (χ4n) is 4.70. The summed E-state index contributed by atoms with van der Waals surface area (Å²) >= 11 is 7.54. The van der Waals surface area contributed by atoms with Crippen molar-refractivity contribution in [3.63, 3.8) is 0 Å². The predicted molar refractivity (Wildman–Crippen MR) is 127 cm³/mol. The van der Waals surface area contributed by atoms with Crippen LogP contribution in [0.1, 0.15) is 42.1 Å². The molecule has 1 aliphatic heterocycles. The number of thiophene rings is 1. The molecule has 2 aliphatic rings. The van der Waals surface area contributed by atoms with Gasteiger partial charge in [0.05, 0.1) is 29.4 Å². The topological polar surface area (TPSA) is 75.4 Å². The molecular formula is C24H28ClN3O3S. The molecule has 1 amide bonds. The molecule has 1 fully saturated rings. The molecule has 170 valence electrons. The fourth-order valence-corrected chi connectivity index (χ4v) is 5.85. The van der Waals surface area contributed by atoms with Crippen molar-refractivity contribution in [1.82, 2.24) is 15.6 Å². The molecule has 1 saturated heterocycles. The molecule has 0 radical (unpaired) electrons. The van der Waals surface area contributed by atoms with Crippen LogP contribution in [0.25, 0.3) is 10.2 Å². The lowest BCUT2D eigenvalue weighted by Gasteiger charge is -2.25. The molecule has 1 aromatic carbocycles. The Balaban J connectivity index is 1.18. The standard InChI is InChI=1S/C24H28ClN3O3S/c25-20-13-16-11-17(27-24(16)32-20)14-21(29)28-19-12-15-5-1-2-6-18(15)23(19)26-8-10-31-22-7-3-4-9-30-22/h1-2,5-6,11,13,19,22-23,26-27H,3-4,7-10,12,14H2,(H,28,29)/t19-,22?,23-/m1/s1. The van der Waals surface area contributed by atoms with Gasteiger partial charge in [0.1, 0.15) is 4.83 Å². The van der Waals surface area contributed by atoms with Crippen LogP contribution in [0.3, 0.4) is 0 Å². The summed E-state index contributed by atoms with van der Waals surface area (Å²) in [5.41, 5.74) is 3.44. The molecule has 3 atom stereocenters. The van der Waals surface area contributed by atoms with Crippen molar-refractivity contribution in [1.29, 1.82) is 0 Å². The van der Waals surface area contributed by atoms with Gasteiger partial charge in [0.15, 0.2) is 6.29 Å². The van der Waals surface area contributed by atoms with Gasteiger partial charge in [0.25, 0.3) is 0 Å². The maximum Gasteiger partial charge on any atom is 0.226 e. The van der Waals surface area contributed by atoms with Gasteiger partial charge in [0.2, 0.25) is 5.91 Å². The molecule has 5 rings (SSSR count). The number of amides is 1. The molecule has 8 heteroatoms. The number of aromatic nitrogens is 1. The molecular weight excluding hydrogens is 446 g/mol. The van der Waals surface area contributed by atoms with Crippen molar-refractivity contribution < 1.29 is 14.3 Å². The van der Waals surface area contributed by atoms with Crippen LogP contribution in [0, 0.1) is 0 Å². The predicted octanol–water partition coefficient (Wildman–Crippen LogP) is 4.34. The third-order valence-corrected chi connectivity index (χ3v) is 7.37. The summed E-state index contributed by atoms with van der Waals surface area (Å²) in [6.07, 6.45) is 4.30. The zero-order valence-electron chi connectivity index (χ0n) is 17.9. The number of carbonyl (C=O) groups is 1. The van der Waals surface area contributed by atoms with Gasteiger partial charge in [0, 0.05) is 24.2 Å². The number of nitrogens with one attached hydrogen (secondary N) is 3. The molecule has 6 nitrogen and oxygen atoms in total. The van der Waals surface area contributed by atoms with Crippen LogP contribution in [0.5, 0.6) is 0 Å². The van der Waals surface area contributed by atoms with Crippen LogP contribution in [-0.4, -0.2) is 43.0 Å². The quantitative estimate of drug-likeness (QED) is 0.425. The number of ether oxygens (including phenoxy) is 2.